The number of methoxy groups -OCH3 is 1. The topological polar surface area (TPSA) is 50.8 Å². The Morgan fingerprint density at radius 1 is 1.21 bits per heavy atom. The number of carbonyl (C=O) groups is 1. The highest BCUT2D eigenvalue weighted by Crippen LogP contribution is 2.31. The first-order valence-corrected chi connectivity index (χ1v) is 9.14. The summed E-state index contributed by atoms with van der Waals surface area (Å²) in [7, 11) is 1.74. The summed E-state index contributed by atoms with van der Waals surface area (Å²) in [5.41, 5.74) is -0.151. The molecule has 142 valence electrons. The molecule has 0 spiro atoms. The van der Waals surface area contributed by atoms with E-state index >= 15 is 0 Å². The normalized spacial score (nSPS) is 22.5. The molecule has 1 fully saturated rings. The minimum Gasteiger partial charge on any atom is -0.444 e. The molecule has 1 unspecified atom stereocenters. The van der Waals surface area contributed by atoms with Gasteiger partial charge in [0, 0.05) is 32.2 Å². The zero-order chi connectivity index (χ0) is 18.4. The van der Waals surface area contributed by atoms with E-state index < -0.39 is 5.60 Å². The third-order valence-electron chi connectivity index (χ3n) is 4.32. The number of ether oxygens (including phenoxy) is 2. The van der Waals surface area contributed by atoms with Gasteiger partial charge in [-0.25, -0.2) is 4.79 Å². The van der Waals surface area contributed by atoms with E-state index in [9.17, 15) is 4.79 Å². The Labute approximate surface area is 148 Å². The molecule has 1 amide bonds. The largest absolute Gasteiger partial charge is 0.444 e. The summed E-state index contributed by atoms with van der Waals surface area (Å²) >= 11 is 0. The number of nitrogens with one attached hydrogen (secondary N) is 1. The van der Waals surface area contributed by atoms with Gasteiger partial charge in [-0.3, -0.25) is 0 Å². The van der Waals surface area contributed by atoms with Gasteiger partial charge in [-0.05, 0) is 52.0 Å². The average Bonchev–Trinajstić information content (AvgIpc) is 2.41. The maximum atomic E-state index is 12.4. The van der Waals surface area contributed by atoms with Gasteiger partial charge in [-0.15, -0.1) is 0 Å². The lowest BCUT2D eigenvalue weighted by Crippen LogP contribution is -2.53. The monoisotopic (exact) mass is 342 g/mol. The van der Waals surface area contributed by atoms with E-state index in [4.69, 9.17) is 9.47 Å². The summed E-state index contributed by atoms with van der Waals surface area (Å²) in [5.74, 6) is 0. The van der Waals surface area contributed by atoms with Crippen molar-refractivity contribution in [1.29, 1.82) is 0 Å². The molecule has 1 heterocycles. The van der Waals surface area contributed by atoms with Gasteiger partial charge in [-0.1, -0.05) is 20.8 Å². The molecule has 1 atom stereocenters. The molecule has 24 heavy (non-hydrogen) atoms. The predicted molar refractivity (Wildman–Crippen MR) is 98.3 cm³/mol. The zero-order valence-electron chi connectivity index (χ0n) is 16.8. The van der Waals surface area contributed by atoms with Gasteiger partial charge in [0.15, 0.2) is 0 Å². The van der Waals surface area contributed by atoms with Gasteiger partial charge in [-0.2, -0.15) is 0 Å². The maximum absolute atomic E-state index is 12.4. The van der Waals surface area contributed by atoms with E-state index in [1.807, 2.05) is 25.7 Å². The minimum absolute atomic E-state index is 0.0260. The van der Waals surface area contributed by atoms with E-state index in [1.165, 1.54) is 0 Å². The molecule has 5 nitrogen and oxygen atoms in total. The highest BCUT2D eigenvalue weighted by molar-refractivity contribution is 5.68. The molecule has 1 saturated heterocycles. The molecule has 0 aromatic carbocycles. The lowest BCUT2D eigenvalue weighted by Gasteiger charge is -2.43. The Hall–Kier alpha value is -0.810. The number of hydrogen-bond acceptors (Lipinski definition) is 4. The van der Waals surface area contributed by atoms with Gasteiger partial charge < -0.3 is 19.7 Å². The van der Waals surface area contributed by atoms with Crippen molar-refractivity contribution in [3.63, 3.8) is 0 Å². The summed E-state index contributed by atoms with van der Waals surface area (Å²) < 4.78 is 11.0. The highest BCUT2D eigenvalue weighted by atomic mass is 16.6. The van der Waals surface area contributed by atoms with E-state index in [0.717, 1.165) is 38.9 Å². The van der Waals surface area contributed by atoms with Crippen LogP contribution in [0.5, 0.6) is 0 Å². The van der Waals surface area contributed by atoms with Crippen LogP contribution in [0.1, 0.15) is 60.8 Å². The number of piperidine rings is 1. The van der Waals surface area contributed by atoms with Crippen LogP contribution in [-0.4, -0.2) is 56.5 Å². The Kier molecular flexibility index (Phi) is 7.54. The second kappa shape index (κ2) is 8.52. The lowest BCUT2D eigenvalue weighted by atomic mass is 9.80. The maximum Gasteiger partial charge on any atom is 0.410 e. The molecule has 0 radical (unpaired) electrons. The molecule has 5 heteroatoms. The van der Waals surface area contributed by atoms with Gasteiger partial charge in [0.05, 0.1) is 6.61 Å². The molecule has 0 aromatic rings. The zero-order valence-corrected chi connectivity index (χ0v) is 16.8. The number of carbonyl (C=O) groups excluding carboxylic acids is 1. The van der Waals surface area contributed by atoms with Gasteiger partial charge in [0.1, 0.15) is 5.60 Å². The third kappa shape index (κ3) is 7.84. The molecule has 0 aromatic heterocycles. The van der Waals surface area contributed by atoms with Crippen molar-refractivity contribution >= 4 is 6.09 Å². The molecule has 1 rings (SSSR count). The minimum atomic E-state index is -0.455. The Morgan fingerprint density at radius 2 is 1.88 bits per heavy atom. The molecule has 1 N–H and O–H groups in total. The number of hydrogen-bond donors (Lipinski definition) is 1. The van der Waals surface area contributed by atoms with Crippen LogP contribution in [0.4, 0.5) is 4.79 Å². The molecule has 0 aliphatic carbocycles. The standard InChI is InChI=1S/C19H38N2O3/c1-17(2,3)10-11-20-13-19(15-23-7)9-8-12-21(14-19)16(22)24-18(4,5)6/h20H,8-15H2,1-7H3. The van der Waals surface area contributed by atoms with Crippen molar-refractivity contribution in [3.05, 3.63) is 0 Å². The SMILES string of the molecule is COCC1(CNCCC(C)(C)C)CCCN(C(=O)OC(C)(C)C)C1. The smallest absolute Gasteiger partial charge is 0.410 e. The molecule has 1 aliphatic heterocycles. The number of nitrogens with zero attached hydrogens (tertiary/aromatic N) is 1. The van der Waals surface area contributed by atoms with Gasteiger partial charge in [0.25, 0.3) is 0 Å². The highest BCUT2D eigenvalue weighted by Gasteiger charge is 2.38. The van der Waals surface area contributed by atoms with E-state index in [2.05, 4.69) is 26.1 Å². The van der Waals surface area contributed by atoms with Crippen LogP contribution in [0.25, 0.3) is 0 Å². The number of likely N-dealkylation sites (tertiary alicyclic amines) is 1. The average molecular weight is 343 g/mol. The molecule has 0 saturated carbocycles. The molecule has 0 bridgehead atoms. The van der Waals surface area contributed by atoms with Crippen LogP contribution in [0.2, 0.25) is 0 Å². The summed E-state index contributed by atoms with van der Waals surface area (Å²) in [6.07, 6.45) is 2.98. The Balaban J connectivity index is 2.62. The summed E-state index contributed by atoms with van der Waals surface area (Å²) in [5, 5.41) is 3.59. The fraction of sp³-hybridized carbons (Fsp3) is 0.947. The molecular weight excluding hydrogens is 304 g/mol. The van der Waals surface area contributed by atoms with E-state index in [-0.39, 0.29) is 11.5 Å². The Morgan fingerprint density at radius 3 is 2.42 bits per heavy atom. The fourth-order valence-electron chi connectivity index (χ4n) is 3.13. The third-order valence-corrected chi connectivity index (χ3v) is 4.32. The lowest BCUT2D eigenvalue weighted by molar-refractivity contribution is -0.0155. The summed E-state index contributed by atoms with van der Waals surface area (Å²) in [6, 6.07) is 0. The summed E-state index contributed by atoms with van der Waals surface area (Å²) in [4.78, 5) is 14.3. The van der Waals surface area contributed by atoms with Crippen LogP contribution in [-0.2, 0) is 9.47 Å². The quantitative estimate of drug-likeness (QED) is 0.748. The second-order valence-corrected chi connectivity index (χ2v) is 9.43. The first kappa shape index (κ1) is 21.2. The van der Waals surface area contributed by atoms with Gasteiger partial charge >= 0.3 is 6.09 Å². The van der Waals surface area contributed by atoms with Crippen LogP contribution >= 0.6 is 0 Å². The fourth-order valence-corrected chi connectivity index (χ4v) is 3.13. The van der Waals surface area contributed by atoms with Crippen LogP contribution in [0.3, 0.4) is 0 Å². The van der Waals surface area contributed by atoms with Crippen LogP contribution in [0, 0.1) is 10.8 Å². The number of amides is 1. The first-order chi connectivity index (χ1) is 11.0. The predicted octanol–water partition coefficient (Wildman–Crippen LogP) is 3.68. The molecule has 1 aliphatic rings. The second-order valence-electron chi connectivity index (χ2n) is 9.43. The first-order valence-electron chi connectivity index (χ1n) is 9.14. The van der Waals surface area contributed by atoms with E-state index in [0.29, 0.717) is 18.6 Å². The van der Waals surface area contributed by atoms with Crippen LogP contribution < -0.4 is 5.32 Å². The van der Waals surface area contributed by atoms with E-state index in [1.54, 1.807) is 7.11 Å². The van der Waals surface area contributed by atoms with Crippen LogP contribution in [0.15, 0.2) is 0 Å². The molecular formula is C19H38N2O3. The van der Waals surface area contributed by atoms with Crippen molar-refractivity contribution < 1.29 is 14.3 Å². The summed E-state index contributed by atoms with van der Waals surface area (Å²) in [6.45, 7) is 16.5. The Bertz CT molecular complexity index is 394. The number of rotatable bonds is 6. The van der Waals surface area contributed by atoms with Crippen molar-refractivity contribution in [3.8, 4) is 0 Å². The van der Waals surface area contributed by atoms with Crippen molar-refractivity contribution in [2.45, 2.75) is 66.4 Å². The van der Waals surface area contributed by atoms with Crippen molar-refractivity contribution in [1.82, 2.24) is 10.2 Å². The van der Waals surface area contributed by atoms with Gasteiger partial charge in [0.2, 0.25) is 0 Å². The van der Waals surface area contributed by atoms with Crippen molar-refractivity contribution in [2.75, 3.05) is 39.9 Å². The van der Waals surface area contributed by atoms with Crippen molar-refractivity contribution in [2.24, 2.45) is 10.8 Å².